The summed E-state index contributed by atoms with van der Waals surface area (Å²) in [6, 6.07) is 0. The Balaban J connectivity index is 2.73. The zero-order valence-electron chi connectivity index (χ0n) is 9.52. The molecular formula is C10H14N2O3S. The number of carbonyl (C=O) groups excluding carboxylic acids is 2. The topological polar surface area (TPSA) is 61.2 Å². The molecule has 0 N–H and O–H groups in total. The van der Waals surface area contributed by atoms with Crippen molar-refractivity contribution in [3.8, 4) is 0 Å². The Morgan fingerprint density at radius 2 is 2.31 bits per heavy atom. The van der Waals surface area contributed by atoms with Crippen molar-refractivity contribution in [2.45, 2.75) is 31.7 Å². The molecule has 0 amide bonds. The number of nitrogens with zero attached hydrogens (tertiary/aromatic N) is 2. The molecule has 0 fully saturated rings. The van der Waals surface area contributed by atoms with Crippen molar-refractivity contribution in [2.24, 2.45) is 7.05 Å². The lowest BCUT2D eigenvalue weighted by Gasteiger charge is -2.02. The van der Waals surface area contributed by atoms with Gasteiger partial charge in [0.1, 0.15) is 17.1 Å². The molecule has 0 aliphatic rings. The maximum Gasteiger partial charge on any atom is 0.318 e. The quantitative estimate of drug-likeness (QED) is 0.583. The van der Waals surface area contributed by atoms with Gasteiger partial charge in [0, 0.05) is 13.5 Å². The van der Waals surface area contributed by atoms with E-state index in [1.165, 1.54) is 4.68 Å². The standard InChI is InChI=1S/C10H14N2O3S/c1-4-5-9(14)15-16-10-8(6-13)7(2)11-12(10)3/h6H,4-5H2,1-3H3. The number of aromatic nitrogens is 2. The fourth-order valence-corrected chi connectivity index (χ4v) is 1.91. The summed E-state index contributed by atoms with van der Waals surface area (Å²) < 4.78 is 6.49. The van der Waals surface area contributed by atoms with Crippen molar-refractivity contribution in [3.05, 3.63) is 11.3 Å². The lowest BCUT2D eigenvalue weighted by atomic mass is 10.3. The maximum absolute atomic E-state index is 11.2. The maximum atomic E-state index is 11.2. The largest absolute Gasteiger partial charge is 0.384 e. The molecule has 1 aromatic rings. The van der Waals surface area contributed by atoms with E-state index >= 15 is 0 Å². The van der Waals surface area contributed by atoms with Crippen molar-refractivity contribution >= 4 is 24.3 Å². The van der Waals surface area contributed by atoms with Gasteiger partial charge in [-0.2, -0.15) is 5.10 Å². The summed E-state index contributed by atoms with van der Waals surface area (Å²) in [4.78, 5) is 22.0. The van der Waals surface area contributed by atoms with Crippen LogP contribution in [0.1, 0.15) is 35.8 Å². The Kier molecular flexibility index (Phi) is 4.54. The minimum Gasteiger partial charge on any atom is -0.384 e. The molecule has 0 bridgehead atoms. The van der Waals surface area contributed by atoms with Crippen LogP contribution in [0.15, 0.2) is 5.03 Å². The van der Waals surface area contributed by atoms with E-state index in [0.29, 0.717) is 22.7 Å². The zero-order chi connectivity index (χ0) is 12.1. The highest BCUT2D eigenvalue weighted by atomic mass is 32.2. The van der Waals surface area contributed by atoms with E-state index in [-0.39, 0.29) is 5.97 Å². The molecular weight excluding hydrogens is 228 g/mol. The van der Waals surface area contributed by atoms with Gasteiger partial charge in [0.25, 0.3) is 0 Å². The Hall–Kier alpha value is -1.30. The van der Waals surface area contributed by atoms with Crippen LogP contribution in [0.4, 0.5) is 0 Å². The second-order valence-electron chi connectivity index (χ2n) is 3.33. The van der Waals surface area contributed by atoms with Crippen molar-refractivity contribution in [1.29, 1.82) is 0 Å². The molecule has 1 aromatic heterocycles. The van der Waals surface area contributed by atoms with Gasteiger partial charge in [0.05, 0.1) is 11.3 Å². The molecule has 5 nitrogen and oxygen atoms in total. The Morgan fingerprint density at radius 1 is 1.62 bits per heavy atom. The molecule has 0 aromatic carbocycles. The van der Waals surface area contributed by atoms with E-state index in [1.807, 2.05) is 6.92 Å². The SMILES string of the molecule is CCCC(=O)OSc1c(C=O)c(C)nn1C. The summed E-state index contributed by atoms with van der Waals surface area (Å²) in [5, 5.41) is 4.63. The predicted molar refractivity (Wildman–Crippen MR) is 60.2 cm³/mol. The number of carbonyl (C=O) groups is 2. The van der Waals surface area contributed by atoms with Gasteiger partial charge in [-0.15, -0.1) is 0 Å². The first-order valence-electron chi connectivity index (χ1n) is 4.96. The van der Waals surface area contributed by atoms with Crippen LogP contribution in [0.5, 0.6) is 0 Å². The number of rotatable bonds is 5. The highest BCUT2D eigenvalue weighted by Crippen LogP contribution is 2.24. The van der Waals surface area contributed by atoms with E-state index in [2.05, 4.69) is 5.10 Å². The monoisotopic (exact) mass is 242 g/mol. The summed E-state index contributed by atoms with van der Waals surface area (Å²) in [7, 11) is 1.70. The van der Waals surface area contributed by atoms with E-state index in [1.54, 1.807) is 14.0 Å². The summed E-state index contributed by atoms with van der Waals surface area (Å²) in [5.41, 5.74) is 1.10. The molecule has 0 saturated carbocycles. The van der Waals surface area contributed by atoms with Crippen LogP contribution in [0, 0.1) is 6.92 Å². The van der Waals surface area contributed by atoms with Gasteiger partial charge in [-0.25, -0.2) is 0 Å². The fourth-order valence-electron chi connectivity index (χ4n) is 1.22. The highest BCUT2D eigenvalue weighted by Gasteiger charge is 2.15. The van der Waals surface area contributed by atoms with Gasteiger partial charge in [-0.3, -0.25) is 14.3 Å². The van der Waals surface area contributed by atoms with E-state index in [4.69, 9.17) is 4.18 Å². The van der Waals surface area contributed by atoms with Gasteiger partial charge in [-0.05, 0) is 13.3 Å². The van der Waals surface area contributed by atoms with Crippen LogP contribution in [0.2, 0.25) is 0 Å². The van der Waals surface area contributed by atoms with Crippen LogP contribution in [-0.4, -0.2) is 22.0 Å². The first-order valence-corrected chi connectivity index (χ1v) is 5.70. The van der Waals surface area contributed by atoms with Crippen molar-refractivity contribution < 1.29 is 13.8 Å². The summed E-state index contributed by atoms with van der Waals surface area (Å²) in [6.07, 6.45) is 1.84. The van der Waals surface area contributed by atoms with Crippen molar-refractivity contribution in [2.75, 3.05) is 0 Å². The normalized spacial score (nSPS) is 10.2. The molecule has 6 heteroatoms. The number of hydrogen-bond acceptors (Lipinski definition) is 5. The fraction of sp³-hybridized carbons (Fsp3) is 0.500. The molecule has 0 saturated heterocycles. The van der Waals surface area contributed by atoms with Gasteiger partial charge >= 0.3 is 5.97 Å². The van der Waals surface area contributed by atoms with Gasteiger partial charge in [0.15, 0.2) is 6.29 Å². The minimum atomic E-state index is -0.289. The molecule has 1 heterocycles. The number of aldehydes is 1. The zero-order valence-corrected chi connectivity index (χ0v) is 10.3. The first kappa shape index (κ1) is 12.8. The molecule has 16 heavy (non-hydrogen) atoms. The third kappa shape index (κ3) is 2.85. The molecule has 0 spiro atoms. The third-order valence-corrected chi connectivity index (χ3v) is 2.91. The highest BCUT2D eigenvalue weighted by molar-refractivity contribution is 7.95. The van der Waals surface area contributed by atoms with Crippen molar-refractivity contribution in [3.63, 3.8) is 0 Å². The Bertz CT molecular complexity index is 401. The van der Waals surface area contributed by atoms with E-state index in [0.717, 1.165) is 24.7 Å². The van der Waals surface area contributed by atoms with Gasteiger partial charge < -0.3 is 4.18 Å². The van der Waals surface area contributed by atoms with Crippen LogP contribution >= 0.6 is 12.0 Å². The van der Waals surface area contributed by atoms with Crippen LogP contribution in [0.3, 0.4) is 0 Å². The van der Waals surface area contributed by atoms with Crippen molar-refractivity contribution in [1.82, 2.24) is 9.78 Å². The summed E-state index contributed by atoms with van der Waals surface area (Å²) in [5.74, 6) is -0.289. The van der Waals surface area contributed by atoms with Crippen LogP contribution in [-0.2, 0) is 16.0 Å². The summed E-state index contributed by atoms with van der Waals surface area (Å²) >= 11 is 0.887. The molecule has 0 unspecified atom stereocenters. The minimum absolute atomic E-state index is 0.289. The molecule has 0 aliphatic carbocycles. The molecule has 1 rings (SSSR count). The van der Waals surface area contributed by atoms with Gasteiger partial charge in [-0.1, -0.05) is 6.92 Å². The summed E-state index contributed by atoms with van der Waals surface area (Å²) in [6.45, 7) is 3.64. The average Bonchev–Trinajstić information content (AvgIpc) is 2.50. The lowest BCUT2D eigenvalue weighted by molar-refractivity contribution is -0.133. The number of aryl methyl sites for hydroxylation is 2. The second-order valence-corrected chi connectivity index (χ2v) is 4.05. The molecule has 0 atom stereocenters. The Morgan fingerprint density at radius 3 is 2.88 bits per heavy atom. The van der Waals surface area contributed by atoms with Gasteiger partial charge in [0.2, 0.25) is 0 Å². The Labute approximate surface area is 98.4 Å². The van der Waals surface area contributed by atoms with E-state index in [9.17, 15) is 9.59 Å². The smallest absolute Gasteiger partial charge is 0.318 e. The predicted octanol–water partition coefficient (Wildman–Crippen LogP) is 1.89. The average molecular weight is 242 g/mol. The van der Waals surface area contributed by atoms with E-state index < -0.39 is 0 Å². The molecule has 88 valence electrons. The van der Waals surface area contributed by atoms with Crippen LogP contribution in [0.25, 0.3) is 0 Å². The number of hydrogen-bond donors (Lipinski definition) is 0. The molecule has 0 aliphatic heterocycles. The molecule has 0 radical (unpaired) electrons. The van der Waals surface area contributed by atoms with Crippen LogP contribution < -0.4 is 0 Å². The first-order chi connectivity index (χ1) is 7.60. The second kappa shape index (κ2) is 5.69. The third-order valence-electron chi connectivity index (χ3n) is 2.00. The lowest BCUT2D eigenvalue weighted by Crippen LogP contribution is -2.00.